The van der Waals surface area contributed by atoms with Crippen LogP contribution in [0.5, 0.6) is 0 Å². The van der Waals surface area contributed by atoms with Gasteiger partial charge in [-0.25, -0.2) is 0 Å². The number of benzene rings is 1. The molecular formula is C16H20N3O2+. The fraction of sp³-hybridized carbons (Fsp3) is 0.375. The Morgan fingerprint density at radius 2 is 2.05 bits per heavy atom. The highest BCUT2D eigenvalue weighted by Gasteiger charge is 2.14. The van der Waals surface area contributed by atoms with Crippen LogP contribution >= 0.6 is 0 Å². The number of ether oxygens (including phenoxy) is 1. The fourth-order valence-electron chi connectivity index (χ4n) is 2.22. The standard InChI is InChI=1S/C16H19N3O2/c17-13-15(12-14-4-2-1-3-5-14)16(20)18-6-7-19-8-10-21-11-9-19/h1-5,12H,6-11H2,(H,18,20)/p+1/b15-12+. The van der Waals surface area contributed by atoms with Gasteiger partial charge in [-0.2, -0.15) is 5.26 Å². The lowest BCUT2D eigenvalue weighted by Crippen LogP contribution is -3.14. The van der Waals surface area contributed by atoms with E-state index < -0.39 is 0 Å². The Kier molecular flexibility index (Phi) is 5.95. The largest absolute Gasteiger partial charge is 0.370 e. The predicted octanol–water partition coefficient (Wildman–Crippen LogP) is -0.375. The van der Waals surface area contributed by atoms with Crippen molar-refractivity contribution in [1.82, 2.24) is 5.32 Å². The molecule has 0 saturated carbocycles. The third-order valence-electron chi connectivity index (χ3n) is 3.44. The molecule has 5 heteroatoms. The highest BCUT2D eigenvalue weighted by molar-refractivity contribution is 6.01. The Morgan fingerprint density at radius 1 is 1.33 bits per heavy atom. The van der Waals surface area contributed by atoms with E-state index in [-0.39, 0.29) is 11.5 Å². The number of carbonyl (C=O) groups is 1. The average Bonchev–Trinajstić information content (AvgIpc) is 2.54. The van der Waals surface area contributed by atoms with Gasteiger partial charge in [0.15, 0.2) is 0 Å². The van der Waals surface area contributed by atoms with Crippen LogP contribution in [0.2, 0.25) is 0 Å². The van der Waals surface area contributed by atoms with E-state index in [1.165, 1.54) is 4.90 Å². The van der Waals surface area contributed by atoms with E-state index in [4.69, 9.17) is 10.00 Å². The zero-order valence-corrected chi connectivity index (χ0v) is 12.0. The smallest absolute Gasteiger partial charge is 0.262 e. The van der Waals surface area contributed by atoms with Gasteiger partial charge >= 0.3 is 0 Å². The number of carbonyl (C=O) groups excluding carboxylic acids is 1. The zero-order valence-electron chi connectivity index (χ0n) is 12.0. The SMILES string of the molecule is N#C/C(=C\c1ccccc1)C(=O)NCC[NH+]1CCOCC1. The lowest BCUT2D eigenvalue weighted by molar-refractivity contribution is -0.906. The molecule has 0 unspecified atom stereocenters. The van der Waals surface area contributed by atoms with E-state index in [9.17, 15) is 4.79 Å². The number of hydrogen-bond acceptors (Lipinski definition) is 3. The maximum absolute atomic E-state index is 12.0. The number of nitriles is 1. The first-order valence-corrected chi connectivity index (χ1v) is 7.16. The molecule has 0 atom stereocenters. The van der Waals surface area contributed by atoms with Crippen LogP contribution in [0.15, 0.2) is 35.9 Å². The molecule has 1 aromatic carbocycles. The summed E-state index contributed by atoms with van der Waals surface area (Å²) in [6, 6.07) is 11.3. The van der Waals surface area contributed by atoms with E-state index in [1.807, 2.05) is 36.4 Å². The van der Waals surface area contributed by atoms with Gasteiger partial charge in [0.25, 0.3) is 5.91 Å². The number of morpholine rings is 1. The first-order chi connectivity index (χ1) is 10.3. The summed E-state index contributed by atoms with van der Waals surface area (Å²) in [5.74, 6) is -0.311. The second-order valence-corrected chi connectivity index (χ2v) is 4.95. The van der Waals surface area contributed by atoms with Crippen molar-refractivity contribution in [3.63, 3.8) is 0 Å². The maximum atomic E-state index is 12.0. The van der Waals surface area contributed by atoms with Crippen molar-refractivity contribution >= 4 is 12.0 Å². The third-order valence-corrected chi connectivity index (χ3v) is 3.44. The minimum atomic E-state index is -0.311. The van der Waals surface area contributed by atoms with Gasteiger partial charge < -0.3 is 15.0 Å². The average molecular weight is 286 g/mol. The molecule has 1 aliphatic heterocycles. The van der Waals surface area contributed by atoms with Gasteiger partial charge in [0.05, 0.1) is 26.3 Å². The van der Waals surface area contributed by atoms with Gasteiger partial charge in [-0.15, -0.1) is 0 Å². The van der Waals surface area contributed by atoms with Crippen LogP contribution in [0.25, 0.3) is 6.08 Å². The number of rotatable bonds is 5. The normalized spacial score (nSPS) is 16.2. The number of hydrogen-bond donors (Lipinski definition) is 2. The molecule has 2 rings (SSSR count). The molecule has 1 aliphatic rings. The Balaban J connectivity index is 1.83. The van der Waals surface area contributed by atoms with Gasteiger partial charge in [-0.3, -0.25) is 4.79 Å². The van der Waals surface area contributed by atoms with Crippen LogP contribution in [0.3, 0.4) is 0 Å². The summed E-state index contributed by atoms with van der Waals surface area (Å²) in [6.07, 6.45) is 1.61. The third kappa shape index (κ3) is 5.03. The maximum Gasteiger partial charge on any atom is 0.262 e. The van der Waals surface area contributed by atoms with E-state index >= 15 is 0 Å². The minimum Gasteiger partial charge on any atom is -0.370 e. The Bertz CT molecular complexity index is 528. The molecule has 1 amide bonds. The second kappa shape index (κ2) is 8.20. The molecule has 110 valence electrons. The van der Waals surface area contributed by atoms with E-state index in [0.717, 1.165) is 38.4 Å². The summed E-state index contributed by atoms with van der Waals surface area (Å²) in [7, 11) is 0. The number of amides is 1. The van der Waals surface area contributed by atoms with Crippen molar-refractivity contribution in [2.45, 2.75) is 0 Å². The molecule has 5 nitrogen and oxygen atoms in total. The zero-order chi connectivity index (χ0) is 14.9. The van der Waals surface area contributed by atoms with Crippen molar-refractivity contribution < 1.29 is 14.4 Å². The number of quaternary nitrogens is 1. The van der Waals surface area contributed by atoms with Gasteiger partial charge in [-0.05, 0) is 11.6 Å². The highest BCUT2D eigenvalue weighted by Crippen LogP contribution is 2.05. The summed E-state index contributed by atoms with van der Waals surface area (Å²) in [4.78, 5) is 13.4. The van der Waals surface area contributed by atoms with E-state index in [1.54, 1.807) is 6.08 Å². The summed E-state index contributed by atoms with van der Waals surface area (Å²) in [5, 5.41) is 11.9. The Hall–Kier alpha value is -2.16. The lowest BCUT2D eigenvalue weighted by atomic mass is 10.1. The summed E-state index contributed by atoms with van der Waals surface area (Å²) in [5.41, 5.74) is 0.987. The molecule has 21 heavy (non-hydrogen) atoms. The van der Waals surface area contributed by atoms with Crippen LogP contribution < -0.4 is 10.2 Å². The predicted molar refractivity (Wildman–Crippen MR) is 79.4 cm³/mol. The monoisotopic (exact) mass is 286 g/mol. The topological polar surface area (TPSA) is 66.6 Å². The Morgan fingerprint density at radius 3 is 2.71 bits per heavy atom. The summed E-state index contributed by atoms with van der Waals surface area (Å²) < 4.78 is 5.29. The van der Waals surface area contributed by atoms with Crippen molar-refractivity contribution in [3.05, 3.63) is 41.5 Å². The van der Waals surface area contributed by atoms with Crippen molar-refractivity contribution in [1.29, 1.82) is 5.26 Å². The second-order valence-electron chi connectivity index (χ2n) is 4.95. The molecule has 1 saturated heterocycles. The van der Waals surface area contributed by atoms with Crippen LogP contribution in [0.1, 0.15) is 5.56 Å². The quantitative estimate of drug-likeness (QED) is 0.573. The van der Waals surface area contributed by atoms with Crippen molar-refractivity contribution in [2.24, 2.45) is 0 Å². The molecule has 0 aromatic heterocycles. The molecule has 2 N–H and O–H groups in total. The lowest BCUT2D eigenvalue weighted by Gasteiger charge is -2.23. The van der Waals surface area contributed by atoms with Gasteiger partial charge in [0.1, 0.15) is 24.7 Å². The molecule has 0 aliphatic carbocycles. The minimum absolute atomic E-state index is 0.137. The fourth-order valence-corrected chi connectivity index (χ4v) is 2.22. The summed E-state index contributed by atoms with van der Waals surface area (Å²) in [6.45, 7) is 4.93. The van der Waals surface area contributed by atoms with E-state index in [0.29, 0.717) is 6.54 Å². The van der Waals surface area contributed by atoms with Crippen molar-refractivity contribution in [3.8, 4) is 6.07 Å². The van der Waals surface area contributed by atoms with Crippen LogP contribution in [0.4, 0.5) is 0 Å². The number of nitrogens with one attached hydrogen (secondary N) is 2. The first-order valence-electron chi connectivity index (χ1n) is 7.16. The number of nitrogens with zero attached hydrogens (tertiary/aromatic N) is 1. The Labute approximate surface area is 124 Å². The van der Waals surface area contributed by atoms with Gasteiger partial charge in [0.2, 0.25) is 0 Å². The van der Waals surface area contributed by atoms with Crippen LogP contribution in [-0.2, 0) is 9.53 Å². The van der Waals surface area contributed by atoms with E-state index in [2.05, 4.69) is 5.32 Å². The molecule has 0 spiro atoms. The van der Waals surface area contributed by atoms with Crippen LogP contribution in [-0.4, -0.2) is 45.3 Å². The summed E-state index contributed by atoms with van der Waals surface area (Å²) >= 11 is 0. The molecule has 1 aromatic rings. The molecular weight excluding hydrogens is 266 g/mol. The molecule has 1 fully saturated rings. The van der Waals surface area contributed by atoms with Crippen molar-refractivity contribution in [2.75, 3.05) is 39.4 Å². The van der Waals surface area contributed by atoms with Crippen LogP contribution in [0, 0.1) is 11.3 Å². The molecule has 0 radical (unpaired) electrons. The first kappa shape index (κ1) is 15.2. The highest BCUT2D eigenvalue weighted by atomic mass is 16.5. The molecule has 1 heterocycles. The van der Waals surface area contributed by atoms with Gasteiger partial charge in [0, 0.05) is 0 Å². The molecule has 0 bridgehead atoms. The van der Waals surface area contributed by atoms with Gasteiger partial charge in [-0.1, -0.05) is 30.3 Å².